The molecule has 1 aromatic carbocycles. The third-order valence-corrected chi connectivity index (χ3v) is 4.84. The molecular formula is C18H29N3O3. The van der Waals surface area contributed by atoms with E-state index in [1.165, 1.54) is 0 Å². The number of anilines is 1. The van der Waals surface area contributed by atoms with Gasteiger partial charge in [-0.3, -0.25) is 9.80 Å². The number of nitrogens with zero attached hydrogens (tertiary/aromatic N) is 3. The molecule has 1 unspecified atom stereocenters. The molecule has 3 rings (SSSR count). The summed E-state index contributed by atoms with van der Waals surface area (Å²) in [5, 5.41) is 10.4. The van der Waals surface area contributed by atoms with Crippen molar-refractivity contribution in [2.75, 3.05) is 77.6 Å². The number of piperazine rings is 1. The lowest BCUT2D eigenvalue weighted by atomic mass is 10.2. The first-order valence-corrected chi connectivity index (χ1v) is 8.85. The van der Waals surface area contributed by atoms with Gasteiger partial charge in [0.05, 0.1) is 32.1 Å². The van der Waals surface area contributed by atoms with E-state index in [4.69, 9.17) is 9.47 Å². The van der Waals surface area contributed by atoms with E-state index in [2.05, 4.69) is 26.8 Å². The highest BCUT2D eigenvalue weighted by molar-refractivity contribution is 5.58. The number of methoxy groups -OCH3 is 1. The molecule has 0 bridgehead atoms. The SMILES string of the molecule is COc1ccccc1N1CCN(CC(O)CN2CCOCC2)CC1. The van der Waals surface area contributed by atoms with E-state index in [1.807, 2.05) is 12.1 Å². The standard InChI is InChI=1S/C18H29N3O3/c1-23-18-5-3-2-4-17(18)21-8-6-19(7-9-21)14-16(22)15-20-10-12-24-13-11-20/h2-5,16,22H,6-15H2,1H3. The Morgan fingerprint density at radius 3 is 2.29 bits per heavy atom. The maximum Gasteiger partial charge on any atom is 0.142 e. The Hall–Kier alpha value is -1.34. The van der Waals surface area contributed by atoms with Crippen molar-refractivity contribution < 1.29 is 14.6 Å². The van der Waals surface area contributed by atoms with Crippen LogP contribution in [0.15, 0.2) is 24.3 Å². The second-order valence-electron chi connectivity index (χ2n) is 6.53. The maximum atomic E-state index is 10.4. The van der Waals surface area contributed by atoms with Crippen LogP contribution < -0.4 is 9.64 Å². The first-order valence-electron chi connectivity index (χ1n) is 8.85. The summed E-state index contributed by atoms with van der Waals surface area (Å²) in [5.74, 6) is 0.929. The van der Waals surface area contributed by atoms with E-state index in [0.717, 1.165) is 77.0 Å². The van der Waals surface area contributed by atoms with Crippen LogP contribution >= 0.6 is 0 Å². The Balaban J connectivity index is 1.44. The molecule has 0 aromatic heterocycles. The smallest absolute Gasteiger partial charge is 0.142 e. The minimum Gasteiger partial charge on any atom is -0.495 e. The molecule has 2 aliphatic heterocycles. The zero-order valence-corrected chi connectivity index (χ0v) is 14.6. The number of β-amino-alcohol motifs (C(OH)–C–C–N with tert-alkyl or cyclic N) is 1. The summed E-state index contributed by atoms with van der Waals surface area (Å²) in [5.41, 5.74) is 1.16. The molecule has 24 heavy (non-hydrogen) atoms. The van der Waals surface area contributed by atoms with Crippen molar-refractivity contribution in [3.63, 3.8) is 0 Å². The average molecular weight is 335 g/mol. The molecule has 2 heterocycles. The van der Waals surface area contributed by atoms with Gasteiger partial charge < -0.3 is 19.5 Å². The lowest BCUT2D eigenvalue weighted by molar-refractivity contribution is 0.00655. The Morgan fingerprint density at radius 1 is 1.00 bits per heavy atom. The summed E-state index contributed by atoms with van der Waals surface area (Å²) in [6.07, 6.45) is -0.291. The van der Waals surface area contributed by atoms with Gasteiger partial charge in [0.25, 0.3) is 0 Å². The summed E-state index contributed by atoms with van der Waals surface area (Å²) >= 11 is 0. The van der Waals surface area contributed by atoms with E-state index in [1.54, 1.807) is 7.11 Å². The van der Waals surface area contributed by atoms with Gasteiger partial charge in [-0.1, -0.05) is 12.1 Å². The van der Waals surface area contributed by atoms with Crippen molar-refractivity contribution >= 4 is 5.69 Å². The Bertz CT molecular complexity index is 500. The number of aliphatic hydroxyl groups excluding tert-OH is 1. The normalized spacial score (nSPS) is 21.7. The molecule has 0 amide bonds. The fourth-order valence-corrected chi connectivity index (χ4v) is 3.50. The van der Waals surface area contributed by atoms with Gasteiger partial charge in [-0.05, 0) is 12.1 Å². The summed E-state index contributed by atoms with van der Waals surface area (Å²) in [7, 11) is 1.72. The largest absolute Gasteiger partial charge is 0.495 e. The molecule has 0 radical (unpaired) electrons. The number of morpholine rings is 1. The van der Waals surface area contributed by atoms with Gasteiger partial charge in [-0.2, -0.15) is 0 Å². The number of benzene rings is 1. The second-order valence-corrected chi connectivity index (χ2v) is 6.53. The van der Waals surface area contributed by atoms with Crippen LogP contribution in [0.4, 0.5) is 5.69 Å². The van der Waals surface area contributed by atoms with Gasteiger partial charge in [0.15, 0.2) is 0 Å². The van der Waals surface area contributed by atoms with Crippen LogP contribution in [0.3, 0.4) is 0 Å². The van der Waals surface area contributed by atoms with E-state index in [9.17, 15) is 5.11 Å². The van der Waals surface area contributed by atoms with E-state index >= 15 is 0 Å². The zero-order valence-electron chi connectivity index (χ0n) is 14.6. The first-order chi connectivity index (χ1) is 11.8. The highest BCUT2D eigenvalue weighted by Gasteiger charge is 2.22. The molecule has 1 atom stereocenters. The van der Waals surface area contributed by atoms with Crippen LogP contribution in [0.1, 0.15) is 0 Å². The van der Waals surface area contributed by atoms with Crippen molar-refractivity contribution in [3.8, 4) is 5.75 Å². The summed E-state index contributed by atoms with van der Waals surface area (Å²) < 4.78 is 10.8. The molecule has 2 aliphatic rings. The lowest BCUT2D eigenvalue weighted by Gasteiger charge is -2.38. The second kappa shape index (κ2) is 8.67. The average Bonchev–Trinajstić information content (AvgIpc) is 2.63. The minimum absolute atomic E-state index is 0.291. The topological polar surface area (TPSA) is 48.4 Å². The Morgan fingerprint density at radius 2 is 1.62 bits per heavy atom. The van der Waals surface area contributed by atoms with Crippen LogP contribution in [-0.2, 0) is 4.74 Å². The molecule has 2 fully saturated rings. The molecule has 2 saturated heterocycles. The fourth-order valence-electron chi connectivity index (χ4n) is 3.50. The lowest BCUT2D eigenvalue weighted by Crippen LogP contribution is -2.50. The number of hydrogen-bond donors (Lipinski definition) is 1. The molecule has 134 valence electrons. The highest BCUT2D eigenvalue weighted by atomic mass is 16.5. The molecule has 6 nitrogen and oxygen atoms in total. The van der Waals surface area contributed by atoms with Gasteiger partial charge in [0.2, 0.25) is 0 Å². The van der Waals surface area contributed by atoms with Crippen molar-refractivity contribution in [1.29, 1.82) is 0 Å². The predicted molar refractivity (Wildman–Crippen MR) is 94.9 cm³/mol. The van der Waals surface area contributed by atoms with Gasteiger partial charge in [0, 0.05) is 52.4 Å². The molecule has 1 N–H and O–H groups in total. The number of rotatable bonds is 6. The van der Waals surface area contributed by atoms with Crippen molar-refractivity contribution in [2.24, 2.45) is 0 Å². The number of aliphatic hydroxyl groups is 1. The van der Waals surface area contributed by atoms with Crippen LogP contribution in [-0.4, -0.2) is 93.7 Å². The van der Waals surface area contributed by atoms with Gasteiger partial charge >= 0.3 is 0 Å². The number of ether oxygens (including phenoxy) is 2. The van der Waals surface area contributed by atoms with Crippen LogP contribution in [0.5, 0.6) is 5.75 Å². The zero-order chi connectivity index (χ0) is 16.8. The van der Waals surface area contributed by atoms with Gasteiger partial charge in [-0.25, -0.2) is 0 Å². The molecule has 1 aromatic rings. The van der Waals surface area contributed by atoms with Crippen LogP contribution in [0.2, 0.25) is 0 Å². The Kier molecular flexibility index (Phi) is 6.31. The molecule has 0 saturated carbocycles. The predicted octanol–water partition coefficient (Wildman–Crippen LogP) is 0.510. The quantitative estimate of drug-likeness (QED) is 0.817. The van der Waals surface area contributed by atoms with Crippen molar-refractivity contribution in [2.45, 2.75) is 6.10 Å². The molecule has 6 heteroatoms. The number of hydrogen-bond acceptors (Lipinski definition) is 6. The Labute approximate surface area is 144 Å². The van der Waals surface area contributed by atoms with E-state index in [0.29, 0.717) is 0 Å². The summed E-state index contributed by atoms with van der Waals surface area (Å²) in [6, 6.07) is 8.17. The van der Waals surface area contributed by atoms with Gasteiger partial charge in [0.1, 0.15) is 5.75 Å². The first kappa shape index (κ1) is 17.5. The summed E-state index contributed by atoms with van der Waals surface area (Å²) in [6.45, 7) is 8.78. The summed E-state index contributed by atoms with van der Waals surface area (Å²) in [4.78, 5) is 7.01. The van der Waals surface area contributed by atoms with Crippen molar-refractivity contribution in [3.05, 3.63) is 24.3 Å². The minimum atomic E-state index is -0.291. The van der Waals surface area contributed by atoms with Gasteiger partial charge in [-0.15, -0.1) is 0 Å². The third-order valence-electron chi connectivity index (χ3n) is 4.84. The number of para-hydroxylation sites is 2. The monoisotopic (exact) mass is 335 g/mol. The maximum absolute atomic E-state index is 10.4. The van der Waals surface area contributed by atoms with Crippen LogP contribution in [0, 0.1) is 0 Å². The fraction of sp³-hybridized carbons (Fsp3) is 0.667. The molecule has 0 spiro atoms. The molecule has 0 aliphatic carbocycles. The van der Waals surface area contributed by atoms with Crippen molar-refractivity contribution in [1.82, 2.24) is 9.80 Å². The highest BCUT2D eigenvalue weighted by Crippen LogP contribution is 2.28. The van der Waals surface area contributed by atoms with E-state index < -0.39 is 0 Å². The van der Waals surface area contributed by atoms with Crippen LogP contribution in [0.25, 0.3) is 0 Å². The molecular weight excluding hydrogens is 306 g/mol. The third kappa shape index (κ3) is 4.60. The van der Waals surface area contributed by atoms with E-state index in [-0.39, 0.29) is 6.10 Å².